The monoisotopic (exact) mass is 181 g/mol. The molecule has 1 heterocycles. The molecule has 1 aliphatic rings. The molecule has 12 heavy (non-hydrogen) atoms. The first-order valence-electron chi connectivity index (χ1n) is 4.72. The Kier molecular flexibility index (Phi) is 2.18. The Bertz CT molecular complexity index is 261. The zero-order valence-corrected chi connectivity index (χ0v) is 8.53. The van der Waals surface area contributed by atoms with E-state index in [0.29, 0.717) is 5.92 Å². The van der Waals surface area contributed by atoms with Gasteiger partial charge in [0, 0.05) is 11.3 Å². The maximum Gasteiger partial charge on any atom is 0.0959 e. The van der Waals surface area contributed by atoms with Crippen molar-refractivity contribution in [2.75, 3.05) is 0 Å². The van der Waals surface area contributed by atoms with Crippen LogP contribution in [-0.4, -0.2) is 4.98 Å². The average molecular weight is 181 g/mol. The first-order chi connectivity index (χ1) is 5.77. The van der Waals surface area contributed by atoms with E-state index < -0.39 is 0 Å². The lowest BCUT2D eigenvalue weighted by atomic mass is 9.86. The second-order valence-corrected chi connectivity index (χ2v) is 4.78. The summed E-state index contributed by atoms with van der Waals surface area (Å²) >= 11 is 1.85. The van der Waals surface area contributed by atoms with E-state index in [0.717, 1.165) is 5.92 Å². The highest BCUT2D eigenvalue weighted by Crippen LogP contribution is 2.38. The summed E-state index contributed by atoms with van der Waals surface area (Å²) in [6, 6.07) is 0. The Morgan fingerprint density at radius 2 is 2.25 bits per heavy atom. The highest BCUT2D eigenvalue weighted by Gasteiger charge is 2.22. The van der Waals surface area contributed by atoms with Crippen molar-refractivity contribution in [2.45, 2.75) is 44.9 Å². The maximum absolute atomic E-state index is 4.65. The number of hydrogen-bond acceptors (Lipinski definition) is 2. The third kappa shape index (κ3) is 1.40. The molecule has 1 nitrogen and oxygen atoms in total. The molecule has 0 saturated heterocycles. The van der Waals surface area contributed by atoms with Crippen LogP contribution in [0.2, 0.25) is 0 Å². The van der Waals surface area contributed by atoms with Crippen molar-refractivity contribution in [1.82, 2.24) is 4.98 Å². The molecule has 66 valence electrons. The van der Waals surface area contributed by atoms with Crippen molar-refractivity contribution in [3.63, 3.8) is 0 Å². The summed E-state index contributed by atoms with van der Waals surface area (Å²) in [7, 11) is 0. The van der Waals surface area contributed by atoms with Gasteiger partial charge in [-0.25, -0.2) is 4.98 Å². The van der Waals surface area contributed by atoms with E-state index in [2.05, 4.69) is 24.2 Å². The van der Waals surface area contributed by atoms with Crippen molar-refractivity contribution in [2.24, 2.45) is 0 Å². The molecule has 0 atom stereocenters. The Morgan fingerprint density at radius 1 is 1.50 bits per heavy atom. The Hall–Kier alpha value is -0.370. The van der Waals surface area contributed by atoms with Crippen LogP contribution in [0.25, 0.3) is 0 Å². The third-order valence-corrected chi connectivity index (χ3v) is 3.61. The van der Waals surface area contributed by atoms with Crippen LogP contribution in [-0.2, 0) is 0 Å². The van der Waals surface area contributed by atoms with Crippen LogP contribution in [0.15, 0.2) is 5.38 Å². The topological polar surface area (TPSA) is 12.9 Å². The first kappa shape index (κ1) is 8.24. The van der Waals surface area contributed by atoms with Crippen LogP contribution >= 0.6 is 11.3 Å². The van der Waals surface area contributed by atoms with Crippen LogP contribution in [0.5, 0.6) is 0 Å². The standard InChI is InChI=1S/C10H15NS/c1-7(2)9-6-12-10(11-9)8-4-3-5-8/h6-8H,3-5H2,1-2H3. The fourth-order valence-electron chi connectivity index (χ4n) is 1.41. The lowest BCUT2D eigenvalue weighted by molar-refractivity contribution is 0.417. The highest BCUT2D eigenvalue weighted by molar-refractivity contribution is 7.09. The fourth-order valence-corrected chi connectivity index (χ4v) is 2.56. The van der Waals surface area contributed by atoms with E-state index in [9.17, 15) is 0 Å². The van der Waals surface area contributed by atoms with Crippen LogP contribution in [0, 0.1) is 0 Å². The molecule has 2 rings (SSSR count). The summed E-state index contributed by atoms with van der Waals surface area (Å²) in [5.74, 6) is 1.40. The fraction of sp³-hybridized carbons (Fsp3) is 0.700. The molecule has 0 bridgehead atoms. The van der Waals surface area contributed by atoms with E-state index in [1.54, 1.807) is 0 Å². The van der Waals surface area contributed by atoms with Gasteiger partial charge in [-0.2, -0.15) is 0 Å². The smallest absolute Gasteiger partial charge is 0.0959 e. The molecule has 1 saturated carbocycles. The van der Waals surface area contributed by atoms with Crippen molar-refractivity contribution in [3.05, 3.63) is 16.1 Å². The molecule has 1 aromatic heterocycles. The molecule has 0 spiro atoms. The van der Waals surface area contributed by atoms with Crippen LogP contribution in [0.1, 0.15) is 55.6 Å². The van der Waals surface area contributed by atoms with Crippen molar-refractivity contribution in [1.29, 1.82) is 0 Å². The van der Waals surface area contributed by atoms with Crippen LogP contribution < -0.4 is 0 Å². The second kappa shape index (κ2) is 3.17. The Labute approximate surface area is 77.8 Å². The summed E-state index contributed by atoms with van der Waals surface area (Å²) in [5, 5.41) is 3.60. The Balaban J connectivity index is 2.12. The molecule has 0 aromatic carbocycles. The number of rotatable bonds is 2. The van der Waals surface area contributed by atoms with Gasteiger partial charge in [0.1, 0.15) is 0 Å². The van der Waals surface area contributed by atoms with E-state index in [4.69, 9.17) is 0 Å². The van der Waals surface area contributed by atoms with Gasteiger partial charge in [0.2, 0.25) is 0 Å². The quantitative estimate of drug-likeness (QED) is 0.680. The maximum atomic E-state index is 4.65. The predicted molar refractivity (Wildman–Crippen MR) is 52.8 cm³/mol. The summed E-state index contributed by atoms with van der Waals surface area (Å²) in [6.07, 6.45) is 4.14. The highest BCUT2D eigenvalue weighted by atomic mass is 32.1. The van der Waals surface area contributed by atoms with Gasteiger partial charge in [-0.05, 0) is 18.8 Å². The molecule has 0 N–H and O–H groups in total. The summed E-state index contributed by atoms with van der Waals surface area (Å²) in [6.45, 7) is 4.42. The van der Waals surface area contributed by atoms with E-state index >= 15 is 0 Å². The molecule has 0 radical (unpaired) electrons. The predicted octanol–water partition coefficient (Wildman–Crippen LogP) is 3.53. The second-order valence-electron chi connectivity index (χ2n) is 3.89. The lowest BCUT2D eigenvalue weighted by Gasteiger charge is -2.22. The molecular formula is C10H15NS. The summed E-state index contributed by atoms with van der Waals surface area (Å²) in [4.78, 5) is 4.65. The van der Waals surface area contributed by atoms with Crippen LogP contribution in [0.4, 0.5) is 0 Å². The SMILES string of the molecule is CC(C)c1csc(C2CCC2)n1. The van der Waals surface area contributed by atoms with Gasteiger partial charge in [0.05, 0.1) is 10.7 Å². The van der Waals surface area contributed by atoms with Gasteiger partial charge in [-0.3, -0.25) is 0 Å². The molecule has 1 aliphatic carbocycles. The molecule has 1 aromatic rings. The molecule has 0 unspecified atom stereocenters. The van der Waals surface area contributed by atoms with Crippen molar-refractivity contribution in [3.8, 4) is 0 Å². The van der Waals surface area contributed by atoms with Gasteiger partial charge in [0.25, 0.3) is 0 Å². The zero-order valence-electron chi connectivity index (χ0n) is 7.71. The van der Waals surface area contributed by atoms with Gasteiger partial charge in [0.15, 0.2) is 0 Å². The van der Waals surface area contributed by atoms with Gasteiger partial charge in [-0.15, -0.1) is 11.3 Å². The zero-order chi connectivity index (χ0) is 8.55. The molecule has 2 heteroatoms. The van der Waals surface area contributed by atoms with E-state index in [1.807, 2.05) is 11.3 Å². The molecule has 1 fully saturated rings. The van der Waals surface area contributed by atoms with Gasteiger partial charge in [-0.1, -0.05) is 20.3 Å². The average Bonchev–Trinajstić information content (AvgIpc) is 2.32. The van der Waals surface area contributed by atoms with E-state index in [1.165, 1.54) is 30.0 Å². The summed E-state index contributed by atoms with van der Waals surface area (Å²) in [5.41, 5.74) is 1.28. The normalized spacial score (nSPS) is 18.2. The minimum atomic E-state index is 0.593. The molecule has 0 aliphatic heterocycles. The van der Waals surface area contributed by atoms with Gasteiger partial charge < -0.3 is 0 Å². The van der Waals surface area contributed by atoms with Crippen molar-refractivity contribution < 1.29 is 0 Å². The molecule has 0 amide bonds. The minimum Gasteiger partial charge on any atom is -0.246 e. The number of aromatic nitrogens is 1. The molecular weight excluding hydrogens is 166 g/mol. The van der Waals surface area contributed by atoms with Gasteiger partial charge >= 0.3 is 0 Å². The van der Waals surface area contributed by atoms with Crippen LogP contribution in [0.3, 0.4) is 0 Å². The summed E-state index contributed by atoms with van der Waals surface area (Å²) < 4.78 is 0. The Morgan fingerprint density at radius 3 is 2.67 bits per heavy atom. The first-order valence-corrected chi connectivity index (χ1v) is 5.60. The lowest BCUT2D eigenvalue weighted by Crippen LogP contribution is -2.08. The number of hydrogen-bond donors (Lipinski definition) is 0. The number of thiazole rings is 1. The van der Waals surface area contributed by atoms with E-state index in [-0.39, 0.29) is 0 Å². The third-order valence-electron chi connectivity index (χ3n) is 2.59. The minimum absolute atomic E-state index is 0.593. The van der Waals surface area contributed by atoms with Crippen molar-refractivity contribution >= 4 is 11.3 Å². The number of nitrogens with zero attached hydrogens (tertiary/aromatic N) is 1. The largest absolute Gasteiger partial charge is 0.246 e.